The molecule has 0 bridgehead atoms. The lowest BCUT2D eigenvalue weighted by atomic mass is 10.1. The second-order valence-corrected chi connectivity index (χ2v) is 10.8. The highest BCUT2D eigenvalue weighted by Crippen LogP contribution is 2.23. The molecule has 0 fully saturated rings. The summed E-state index contributed by atoms with van der Waals surface area (Å²) < 4.78 is 0. The monoisotopic (exact) mass is 628 g/mol. The summed E-state index contributed by atoms with van der Waals surface area (Å²) >= 11 is 0. The Morgan fingerprint density at radius 2 is 1.20 bits per heavy atom. The first kappa shape index (κ1) is 37.5. The van der Waals surface area contributed by atoms with Crippen LogP contribution in [-0.4, -0.2) is 117 Å². The van der Waals surface area contributed by atoms with Crippen LogP contribution in [0.2, 0.25) is 0 Å². The quantitative estimate of drug-likeness (QED) is 0.0323. The Kier molecular flexibility index (Phi) is 17.9. The standard InChI is InChI=1S/C20H32N6O13S2/c21-9(19(35)36)1-3-13(27)25-11(17(33)23-5-15(29)30)7-40-41-8-12(18(34)24-6-16(31)32)26(39)14(28)4-2-10(22)20(37)38/h9-12,26H,1-8,21-22H2,(H,23,33)(H,24,34)(H,25,27)(H,29,30)(H,31,32)(H,35,36)(H,37,38)/t9-,10-,11-,12-/m0/s1. The van der Waals surface area contributed by atoms with E-state index in [0.29, 0.717) is 0 Å². The molecule has 0 aromatic rings. The van der Waals surface area contributed by atoms with Crippen LogP contribution in [0.15, 0.2) is 0 Å². The maximum atomic E-state index is 12.6. The van der Waals surface area contributed by atoms with Crippen LogP contribution in [0.3, 0.4) is 0 Å². The van der Waals surface area contributed by atoms with Crippen LogP contribution in [0.1, 0.15) is 25.7 Å². The highest BCUT2D eigenvalue weighted by atomic mass is 33.1. The minimum atomic E-state index is -1.69. The van der Waals surface area contributed by atoms with Crippen molar-refractivity contribution in [2.45, 2.75) is 49.9 Å². The van der Waals surface area contributed by atoms with E-state index in [0.717, 1.165) is 21.6 Å². The first-order valence-electron chi connectivity index (χ1n) is 11.6. The van der Waals surface area contributed by atoms with E-state index in [-0.39, 0.29) is 18.6 Å². The van der Waals surface area contributed by atoms with E-state index in [1.54, 1.807) is 0 Å². The smallest absolute Gasteiger partial charge is 0.322 e. The summed E-state index contributed by atoms with van der Waals surface area (Å²) in [4.78, 5) is 92.5. The molecule has 4 amide bonds. The predicted molar refractivity (Wildman–Crippen MR) is 141 cm³/mol. The van der Waals surface area contributed by atoms with Gasteiger partial charge in [-0.15, -0.1) is 0 Å². The number of hydrogen-bond donors (Lipinski definition) is 10. The molecule has 0 heterocycles. The van der Waals surface area contributed by atoms with E-state index in [9.17, 15) is 43.6 Å². The van der Waals surface area contributed by atoms with E-state index < -0.39 is 108 Å². The minimum Gasteiger partial charge on any atom is -0.626 e. The lowest BCUT2D eigenvalue weighted by Crippen LogP contribution is -3.15. The van der Waals surface area contributed by atoms with Crippen LogP contribution in [0.25, 0.3) is 0 Å². The van der Waals surface area contributed by atoms with Crippen molar-refractivity contribution in [1.29, 1.82) is 0 Å². The van der Waals surface area contributed by atoms with Gasteiger partial charge in [0.25, 0.3) is 5.91 Å². The maximum Gasteiger partial charge on any atom is 0.322 e. The average molecular weight is 629 g/mol. The van der Waals surface area contributed by atoms with Gasteiger partial charge in [0, 0.05) is 12.2 Å². The van der Waals surface area contributed by atoms with Crippen molar-refractivity contribution in [2.75, 3.05) is 24.6 Å². The van der Waals surface area contributed by atoms with Gasteiger partial charge in [-0.1, -0.05) is 21.6 Å². The normalized spacial score (nSPS) is 14.4. The third-order valence-corrected chi connectivity index (χ3v) is 7.36. The van der Waals surface area contributed by atoms with Crippen LogP contribution in [0.4, 0.5) is 0 Å². The second kappa shape index (κ2) is 19.6. The largest absolute Gasteiger partial charge is 0.626 e. The molecule has 0 spiro atoms. The zero-order chi connectivity index (χ0) is 31.7. The van der Waals surface area contributed by atoms with Crippen molar-refractivity contribution < 1.29 is 63.8 Å². The number of nitrogens with two attached hydrogens (primary N) is 2. The fraction of sp³-hybridized carbons (Fsp3) is 0.600. The van der Waals surface area contributed by atoms with Crippen LogP contribution in [-0.2, 0) is 38.4 Å². The van der Waals surface area contributed by atoms with Crippen LogP contribution in [0.5, 0.6) is 0 Å². The predicted octanol–water partition coefficient (Wildman–Crippen LogP) is -5.08. The van der Waals surface area contributed by atoms with Crippen LogP contribution < -0.4 is 32.5 Å². The first-order valence-corrected chi connectivity index (χ1v) is 14.1. The summed E-state index contributed by atoms with van der Waals surface area (Å²) in [5, 5.41) is 52.9. The fourth-order valence-electron chi connectivity index (χ4n) is 2.66. The number of hydrogen-bond acceptors (Lipinski definition) is 13. The van der Waals surface area contributed by atoms with E-state index in [1.165, 1.54) is 0 Å². The van der Waals surface area contributed by atoms with Crippen LogP contribution >= 0.6 is 21.6 Å². The number of quaternary nitrogens is 1. The molecule has 0 rings (SSSR count). The highest BCUT2D eigenvalue weighted by Gasteiger charge is 2.31. The van der Waals surface area contributed by atoms with Gasteiger partial charge in [0.05, 0.1) is 12.2 Å². The van der Waals surface area contributed by atoms with E-state index in [1.807, 2.05) is 5.32 Å². The average Bonchev–Trinajstić information content (AvgIpc) is 2.90. The summed E-state index contributed by atoms with van der Waals surface area (Å²) in [6, 6.07) is -5.80. The Hall–Kier alpha value is -3.50. The molecule has 0 aliphatic carbocycles. The van der Waals surface area contributed by atoms with Gasteiger partial charge in [0.1, 0.15) is 31.2 Å². The zero-order valence-electron chi connectivity index (χ0n) is 21.4. The second-order valence-electron chi connectivity index (χ2n) is 8.22. The van der Waals surface area contributed by atoms with Gasteiger partial charge in [0.2, 0.25) is 11.8 Å². The molecule has 19 nitrogen and oxygen atoms in total. The highest BCUT2D eigenvalue weighted by molar-refractivity contribution is 8.76. The molecule has 0 radical (unpaired) electrons. The Morgan fingerprint density at radius 3 is 1.68 bits per heavy atom. The number of carbonyl (C=O) groups excluding carboxylic acids is 4. The lowest BCUT2D eigenvalue weighted by Gasteiger charge is -2.28. The molecule has 21 heteroatoms. The van der Waals surface area contributed by atoms with Gasteiger partial charge in [-0.3, -0.25) is 38.6 Å². The summed E-state index contributed by atoms with van der Waals surface area (Å²) in [6.45, 7) is -1.64. The number of rotatable bonds is 21. The number of aliphatic carboxylic acids is 4. The van der Waals surface area contributed by atoms with Gasteiger partial charge < -0.3 is 53.1 Å². The van der Waals surface area contributed by atoms with E-state index in [4.69, 9.17) is 31.9 Å². The Bertz CT molecular complexity index is 985. The fourth-order valence-corrected chi connectivity index (χ4v) is 5.06. The summed E-state index contributed by atoms with van der Waals surface area (Å²) in [6.07, 6.45) is -1.61. The number of nitrogens with one attached hydrogen (secondary N) is 4. The summed E-state index contributed by atoms with van der Waals surface area (Å²) in [5.74, 6) is -10.1. The van der Waals surface area contributed by atoms with Gasteiger partial charge in [-0.05, 0) is 12.8 Å². The molecular formula is C20H32N6O13S2. The molecule has 1 unspecified atom stereocenters. The number of amides is 4. The molecule has 0 aliphatic heterocycles. The van der Waals surface area contributed by atoms with Gasteiger partial charge >= 0.3 is 29.8 Å². The van der Waals surface area contributed by atoms with Gasteiger partial charge in [-0.2, -0.15) is 0 Å². The van der Waals surface area contributed by atoms with E-state index in [2.05, 4.69) is 10.6 Å². The topological polar surface area (TPSA) is 333 Å². The number of carbonyl (C=O) groups is 8. The summed E-state index contributed by atoms with van der Waals surface area (Å²) in [7, 11) is 1.62. The minimum absolute atomic E-state index is 0.244. The number of hydroxylamine groups is 2. The Balaban J connectivity index is 5.35. The number of carboxylic acid groups (broad SMARTS) is 4. The molecule has 0 aromatic carbocycles. The van der Waals surface area contributed by atoms with E-state index >= 15 is 0 Å². The third kappa shape index (κ3) is 16.4. The molecule has 0 aliphatic rings. The summed E-state index contributed by atoms with van der Waals surface area (Å²) in [5.41, 5.74) is 10.6. The van der Waals surface area contributed by atoms with Crippen molar-refractivity contribution in [3.8, 4) is 0 Å². The van der Waals surface area contributed by atoms with Crippen molar-refractivity contribution >= 4 is 69.1 Å². The Morgan fingerprint density at radius 1 is 0.732 bits per heavy atom. The first-order chi connectivity index (χ1) is 19.1. The molecule has 41 heavy (non-hydrogen) atoms. The lowest BCUT2D eigenvalue weighted by molar-refractivity contribution is -0.781. The third-order valence-electron chi connectivity index (χ3n) is 4.94. The number of carboxylic acids is 4. The van der Waals surface area contributed by atoms with Crippen molar-refractivity contribution in [3.63, 3.8) is 0 Å². The van der Waals surface area contributed by atoms with Crippen molar-refractivity contribution in [3.05, 3.63) is 5.21 Å². The van der Waals surface area contributed by atoms with Gasteiger partial charge in [-0.25, -0.2) is 4.79 Å². The molecule has 0 aromatic heterocycles. The molecular weight excluding hydrogens is 596 g/mol. The SMILES string of the molecule is N[C@@H](CCC(=O)N[C@@H](CSSC[C@@H](C(=O)NCC(=O)O)[NH+]([O-])C(=O)CC[C@H](N)C(=O)O)C(=O)NCC(=O)O)C(=O)O. The molecule has 0 saturated carbocycles. The van der Waals surface area contributed by atoms with Gasteiger partial charge in [0.15, 0.2) is 6.04 Å². The molecule has 232 valence electrons. The zero-order valence-corrected chi connectivity index (χ0v) is 23.0. The van der Waals surface area contributed by atoms with Crippen LogP contribution in [0, 0.1) is 5.21 Å². The maximum absolute atomic E-state index is 12.6. The van der Waals surface area contributed by atoms with Crippen molar-refractivity contribution in [1.82, 2.24) is 16.0 Å². The van der Waals surface area contributed by atoms with Crippen molar-refractivity contribution in [2.24, 2.45) is 11.5 Å². The molecule has 0 saturated heterocycles. The Labute approximate surface area is 240 Å². The molecule has 12 N–H and O–H groups in total. The molecule has 5 atom stereocenters.